The number of piperidine rings is 1. The van der Waals surface area contributed by atoms with E-state index in [1.54, 1.807) is 0 Å². The molecule has 21 heavy (non-hydrogen) atoms. The van der Waals surface area contributed by atoms with Gasteiger partial charge in [0.05, 0.1) is 23.6 Å². The lowest BCUT2D eigenvalue weighted by molar-refractivity contribution is -0.146. The first-order valence-corrected chi connectivity index (χ1v) is 6.83. The molecule has 1 aromatic rings. The van der Waals surface area contributed by atoms with E-state index in [0.717, 1.165) is 12.1 Å². The number of likely N-dealkylation sites (tertiary alicyclic amines) is 1. The smallest absolute Gasteiger partial charge is 0.310 e. The molecule has 7 heteroatoms. The van der Waals surface area contributed by atoms with E-state index in [-0.39, 0.29) is 17.1 Å². The highest BCUT2D eigenvalue weighted by Crippen LogP contribution is 2.23. The molecule has 0 bridgehead atoms. The van der Waals surface area contributed by atoms with Gasteiger partial charge in [-0.05, 0) is 25.0 Å². The van der Waals surface area contributed by atoms with Gasteiger partial charge in [-0.25, -0.2) is 8.78 Å². The summed E-state index contributed by atoms with van der Waals surface area (Å²) in [5.41, 5.74) is -0.387. The molecule has 1 aliphatic rings. The molecule has 1 amide bonds. The predicted octanol–water partition coefficient (Wildman–Crippen LogP) is 2.64. The summed E-state index contributed by atoms with van der Waals surface area (Å²) in [5.74, 6) is -3.24. The Bertz CT molecular complexity index is 580. The van der Waals surface area contributed by atoms with Crippen LogP contribution in [0.1, 0.15) is 23.2 Å². The van der Waals surface area contributed by atoms with E-state index in [2.05, 4.69) is 4.74 Å². The Morgan fingerprint density at radius 3 is 2.71 bits per heavy atom. The molecule has 0 N–H and O–H groups in total. The van der Waals surface area contributed by atoms with Crippen LogP contribution in [-0.2, 0) is 9.53 Å². The second-order valence-corrected chi connectivity index (χ2v) is 5.27. The molecule has 0 aromatic heterocycles. The van der Waals surface area contributed by atoms with Crippen molar-refractivity contribution in [2.75, 3.05) is 20.2 Å². The van der Waals surface area contributed by atoms with Crippen LogP contribution in [0.15, 0.2) is 12.1 Å². The molecule has 1 aromatic carbocycles. The molecule has 0 unspecified atom stereocenters. The van der Waals surface area contributed by atoms with Crippen LogP contribution >= 0.6 is 11.6 Å². The van der Waals surface area contributed by atoms with Gasteiger partial charge in [-0.2, -0.15) is 0 Å². The minimum Gasteiger partial charge on any atom is -0.469 e. The third-order valence-corrected chi connectivity index (χ3v) is 3.77. The molecular weight excluding hydrogens is 304 g/mol. The summed E-state index contributed by atoms with van der Waals surface area (Å²) in [6.45, 7) is 0.519. The van der Waals surface area contributed by atoms with E-state index in [9.17, 15) is 18.4 Å². The van der Waals surface area contributed by atoms with Gasteiger partial charge >= 0.3 is 5.97 Å². The van der Waals surface area contributed by atoms with Crippen LogP contribution in [-0.4, -0.2) is 37.0 Å². The molecule has 0 aliphatic carbocycles. The topological polar surface area (TPSA) is 46.6 Å². The lowest BCUT2D eigenvalue weighted by Gasteiger charge is -2.31. The highest BCUT2D eigenvalue weighted by Gasteiger charge is 2.30. The fourth-order valence-electron chi connectivity index (χ4n) is 2.38. The Balaban J connectivity index is 2.20. The Hall–Kier alpha value is -1.69. The van der Waals surface area contributed by atoms with Crippen LogP contribution in [0.2, 0.25) is 5.02 Å². The average molecular weight is 318 g/mol. The van der Waals surface area contributed by atoms with Crippen molar-refractivity contribution in [1.82, 2.24) is 4.90 Å². The van der Waals surface area contributed by atoms with Gasteiger partial charge in [0.2, 0.25) is 0 Å². The summed E-state index contributed by atoms with van der Waals surface area (Å²) >= 11 is 5.46. The van der Waals surface area contributed by atoms with Crippen molar-refractivity contribution in [3.63, 3.8) is 0 Å². The molecule has 1 atom stereocenters. The number of carbonyl (C=O) groups is 2. The number of ether oxygens (including phenoxy) is 1. The minimum absolute atomic E-state index is 0.134. The highest BCUT2D eigenvalue weighted by atomic mass is 35.5. The summed E-state index contributed by atoms with van der Waals surface area (Å²) in [6, 6.07) is 1.55. The monoisotopic (exact) mass is 317 g/mol. The van der Waals surface area contributed by atoms with Crippen molar-refractivity contribution < 1.29 is 23.1 Å². The molecule has 1 heterocycles. The van der Waals surface area contributed by atoms with E-state index in [0.29, 0.717) is 19.4 Å². The quantitative estimate of drug-likeness (QED) is 0.622. The van der Waals surface area contributed by atoms with Gasteiger partial charge in [-0.3, -0.25) is 9.59 Å². The normalized spacial score (nSPS) is 18.5. The average Bonchev–Trinajstić information content (AvgIpc) is 2.49. The number of hydrogen-bond acceptors (Lipinski definition) is 3. The number of benzene rings is 1. The zero-order chi connectivity index (χ0) is 15.6. The van der Waals surface area contributed by atoms with Crippen LogP contribution in [0.5, 0.6) is 0 Å². The second kappa shape index (κ2) is 6.39. The summed E-state index contributed by atoms with van der Waals surface area (Å²) < 4.78 is 31.8. The standard InChI is InChI=1S/C14H14ClF2NO3/c1-21-14(20)8-3-2-4-18(7-8)13(19)9-5-12(17)10(15)6-11(9)16/h5-6,8H,2-4,7H2,1H3/t8-/m0/s1. The third-order valence-electron chi connectivity index (χ3n) is 3.48. The van der Waals surface area contributed by atoms with Crippen molar-refractivity contribution in [3.8, 4) is 0 Å². The first-order chi connectivity index (χ1) is 9.93. The van der Waals surface area contributed by atoms with Gasteiger partial charge in [0.15, 0.2) is 0 Å². The molecule has 1 saturated heterocycles. The van der Waals surface area contributed by atoms with Gasteiger partial charge in [-0.1, -0.05) is 11.6 Å². The number of halogens is 3. The van der Waals surface area contributed by atoms with Crippen molar-refractivity contribution in [1.29, 1.82) is 0 Å². The number of nitrogens with zero attached hydrogens (tertiary/aromatic N) is 1. The summed E-state index contributed by atoms with van der Waals surface area (Å²) in [7, 11) is 1.28. The number of esters is 1. The van der Waals surface area contributed by atoms with E-state index in [1.165, 1.54) is 12.0 Å². The predicted molar refractivity (Wildman–Crippen MR) is 72.0 cm³/mol. The fraction of sp³-hybridized carbons (Fsp3) is 0.429. The second-order valence-electron chi connectivity index (χ2n) is 4.86. The molecule has 0 saturated carbocycles. The van der Waals surface area contributed by atoms with Crippen molar-refractivity contribution in [3.05, 3.63) is 34.4 Å². The Kier molecular flexibility index (Phi) is 4.77. The van der Waals surface area contributed by atoms with Gasteiger partial charge in [0, 0.05) is 13.1 Å². The van der Waals surface area contributed by atoms with Crippen LogP contribution < -0.4 is 0 Å². The zero-order valence-corrected chi connectivity index (χ0v) is 12.1. The highest BCUT2D eigenvalue weighted by molar-refractivity contribution is 6.30. The summed E-state index contributed by atoms with van der Waals surface area (Å²) in [5, 5.41) is -0.380. The lowest BCUT2D eigenvalue weighted by atomic mass is 9.97. The van der Waals surface area contributed by atoms with Crippen LogP contribution in [0.3, 0.4) is 0 Å². The van der Waals surface area contributed by atoms with Crippen LogP contribution in [0, 0.1) is 17.6 Å². The zero-order valence-electron chi connectivity index (χ0n) is 11.4. The summed E-state index contributed by atoms with van der Waals surface area (Å²) in [4.78, 5) is 25.1. The van der Waals surface area contributed by atoms with Crippen molar-refractivity contribution in [2.45, 2.75) is 12.8 Å². The molecule has 0 radical (unpaired) electrons. The first kappa shape index (κ1) is 15.7. The number of methoxy groups -OCH3 is 1. The summed E-state index contributed by atoms with van der Waals surface area (Å²) in [6.07, 6.45) is 1.21. The van der Waals surface area contributed by atoms with E-state index >= 15 is 0 Å². The maximum atomic E-state index is 13.8. The van der Waals surface area contributed by atoms with Gasteiger partial charge in [0.25, 0.3) is 5.91 Å². The molecule has 1 aliphatic heterocycles. The molecule has 114 valence electrons. The van der Waals surface area contributed by atoms with Crippen LogP contribution in [0.4, 0.5) is 8.78 Å². The molecule has 1 fully saturated rings. The Morgan fingerprint density at radius 2 is 2.05 bits per heavy atom. The van der Waals surface area contributed by atoms with Gasteiger partial charge in [0.1, 0.15) is 11.6 Å². The van der Waals surface area contributed by atoms with Gasteiger partial charge < -0.3 is 9.64 Å². The first-order valence-electron chi connectivity index (χ1n) is 6.45. The number of amides is 1. The molecular formula is C14H14ClF2NO3. The number of carbonyl (C=O) groups excluding carboxylic acids is 2. The van der Waals surface area contributed by atoms with Crippen molar-refractivity contribution >= 4 is 23.5 Å². The van der Waals surface area contributed by atoms with Crippen LogP contribution in [0.25, 0.3) is 0 Å². The van der Waals surface area contributed by atoms with Gasteiger partial charge in [-0.15, -0.1) is 0 Å². The van der Waals surface area contributed by atoms with Crippen molar-refractivity contribution in [2.24, 2.45) is 5.92 Å². The third kappa shape index (κ3) is 3.32. The Labute approximate surface area is 125 Å². The maximum absolute atomic E-state index is 13.8. The van der Waals surface area contributed by atoms with E-state index in [4.69, 9.17) is 11.6 Å². The fourth-order valence-corrected chi connectivity index (χ4v) is 2.53. The SMILES string of the molecule is COC(=O)[C@H]1CCCN(C(=O)c2cc(F)c(Cl)cc2F)C1. The maximum Gasteiger partial charge on any atom is 0.310 e. The molecule has 4 nitrogen and oxygen atoms in total. The lowest BCUT2D eigenvalue weighted by Crippen LogP contribution is -2.43. The Morgan fingerprint density at radius 1 is 1.33 bits per heavy atom. The minimum atomic E-state index is -0.883. The van der Waals surface area contributed by atoms with E-state index in [1.807, 2.05) is 0 Å². The van der Waals surface area contributed by atoms with E-state index < -0.39 is 29.4 Å². The molecule has 2 rings (SSSR count). The number of rotatable bonds is 2. The number of hydrogen-bond donors (Lipinski definition) is 0. The molecule has 0 spiro atoms. The largest absolute Gasteiger partial charge is 0.469 e.